The molecule has 0 aliphatic heterocycles. The van der Waals surface area contributed by atoms with Crippen molar-refractivity contribution in [3.05, 3.63) is 18.1 Å². The van der Waals surface area contributed by atoms with Gasteiger partial charge in [-0.05, 0) is 0 Å². The fourth-order valence-electron chi connectivity index (χ4n) is 0.445. The molecule has 0 aromatic carbocycles. The SMILES string of the molecule is Nc1cnc(O)c(F)c1. The predicted octanol–water partition coefficient (Wildman–Crippen LogP) is 0.508. The number of aromatic hydroxyl groups is 1. The summed E-state index contributed by atoms with van der Waals surface area (Å²) < 4.78 is 12.2. The summed E-state index contributed by atoms with van der Waals surface area (Å²) in [4.78, 5) is 3.23. The minimum absolute atomic E-state index is 0.199. The van der Waals surface area contributed by atoms with E-state index in [-0.39, 0.29) is 5.69 Å². The lowest BCUT2D eigenvalue weighted by Crippen LogP contribution is -1.88. The number of pyridine rings is 1. The average Bonchev–Trinajstić information content (AvgIpc) is 1.80. The highest BCUT2D eigenvalue weighted by molar-refractivity contribution is 5.36. The number of nitrogens with zero attached hydrogens (tertiary/aromatic N) is 1. The summed E-state index contributed by atoms with van der Waals surface area (Å²) in [5.41, 5.74) is 5.31. The Hall–Kier alpha value is -1.32. The topological polar surface area (TPSA) is 59.1 Å². The number of halogens is 1. The van der Waals surface area contributed by atoms with Crippen LogP contribution in [-0.2, 0) is 0 Å². The molecule has 0 aliphatic carbocycles. The van der Waals surface area contributed by atoms with Gasteiger partial charge in [-0.1, -0.05) is 0 Å². The van der Waals surface area contributed by atoms with Gasteiger partial charge in [0.1, 0.15) is 0 Å². The maximum atomic E-state index is 12.2. The Labute approximate surface area is 51.0 Å². The molecule has 48 valence electrons. The van der Waals surface area contributed by atoms with Gasteiger partial charge in [-0.15, -0.1) is 0 Å². The zero-order valence-electron chi connectivity index (χ0n) is 4.50. The molecular formula is C5H5FN2O. The summed E-state index contributed by atoms with van der Waals surface area (Å²) >= 11 is 0. The first-order valence-corrected chi connectivity index (χ1v) is 2.30. The zero-order chi connectivity index (χ0) is 6.85. The molecule has 9 heavy (non-hydrogen) atoms. The van der Waals surface area contributed by atoms with Gasteiger partial charge in [0.2, 0.25) is 5.88 Å². The fourth-order valence-corrected chi connectivity index (χ4v) is 0.445. The highest BCUT2D eigenvalue weighted by Crippen LogP contribution is 2.12. The number of rotatable bonds is 0. The van der Waals surface area contributed by atoms with Crippen LogP contribution in [0.1, 0.15) is 0 Å². The molecule has 0 radical (unpaired) electrons. The summed E-state index contributed by atoms with van der Waals surface area (Å²) in [6.07, 6.45) is 1.18. The fraction of sp³-hybridized carbons (Fsp3) is 0. The van der Waals surface area contributed by atoms with Gasteiger partial charge in [0.05, 0.1) is 11.9 Å². The van der Waals surface area contributed by atoms with Crippen molar-refractivity contribution in [2.24, 2.45) is 0 Å². The summed E-state index contributed by atoms with van der Waals surface area (Å²) in [5, 5.41) is 8.50. The zero-order valence-corrected chi connectivity index (χ0v) is 4.50. The van der Waals surface area contributed by atoms with E-state index in [4.69, 9.17) is 10.8 Å². The van der Waals surface area contributed by atoms with Crippen LogP contribution in [0.3, 0.4) is 0 Å². The van der Waals surface area contributed by atoms with Gasteiger partial charge in [0.25, 0.3) is 0 Å². The van der Waals surface area contributed by atoms with Crippen LogP contribution in [0.25, 0.3) is 0 Å². The second-order valence-corrected chi connectivity index (χ2v) is 1.57. The van der Waals surface area contributed by atoms with Crippen molar-refractivity contribution in [1.82, 2.24) is 4.98 Å². The van der Waals surface area contributed by atoms with Crippen LogP contribution < -0.4 is 5.73 Å². The first-order chi connectivity index (χ1) is 4.20. The van der Waals surface area contributed by atoms with E-state index in [1.165, 1.54) is 6.20 Å². The number of aromatic nitrogens is 1. The highest BCUT2D eigenvalue weighted by atomic mass is 19.1. The standard InChI is InChI=1S/C5H5FN2O/c6-4-1-3(7)2-8-5(4)9/h1-2H,7H2,(H,8,9). The van der Waals surface area contributed by atoms with E-state index in [9.17, 15) is 4.39 Å². The van der Waals surface area contributed by atoms with Crippen LogP contribution >= 0.6 is 0 Å². The van der Waals surface area contributed by atoms with Crippen molar-refractivity contribution in [3.8, 4) is 5.88 Å². The molecule has 4 heteroatoms. The number of hydrogen-bond donors (Lipinski definition) is 2. The minimum Gasteiger partial charge on any atom is -0.491 e. The number of anilines is 1. The Balaban J connectivity index is 3.17. The summed E-state index contributed by atoms with van der Waals surface area (Å²) in [7, 11) is 0. The van der Waals surface area contributed by atoms with Gasteiger partial charge in [0, 0.05) is 6.07 Å². The van der Waals surface area contributed by atoms with Crippen molar-refractivity contribution >= 4 is 5.69 Å². The Bertz CT molecular complexity index is 226. The number of nitrogens with two attached hydrogens (primary N) is 1. The van der Waals surface area contributed by atoms with Gasteiger partial charge >= 0.3 is 0 Å². The van der Waals surface area contributed by atoms with Crippen LogP contribution in [0, 0.1) is 5.82 Å². The predicted molar refractivity (Wildman–Crippen MR) is 30.3 cm³/mol. The molecule has 0 aliphatic rings. The molecule has 1 rings (SSSR count). The van der Waals surface area contributed by atoms with Gasteiger partial charge in [-0.3, -0.25) is 0 Å². The molecular weight excluding hydrogens is 123 g/mol. The molecule has 1 aromatic heterocycles. The van der Waals surface area contributed by atoms with Crippen molar-refractivity contribution in [2.75, 3.05) is 5.73 Å². The molecule has 0 saturated heterocycles. The summed E-state index contributed by atoms with van der Waals surface area (Å²) in [6, 6.07) is 1.00. The van der Waals surface area contributed by atoms with E-state index in [1.807, 2.05) is 0 Å². The minimum atomic E-state index is -0.796. The van der Waals surface area contributed by atoms with Crippen molar-refractivity contribution < 1.29 is 9.50 Å². The van der Waals surface area contributed by atoms with E-state index in [0.717, 1.165) is 6.07 Å². The molecule has 3 nitrogen and oxygen atoms in total. The Morgan fingerprint density at radius 3 is 2.78 bits per heavy atom. The smallest absolute Gasteiger partial charge is 0.248 e. The van der Waals surface area contributed by atoms with Crippen molar-refractivity contribution in [1.29, 1.82) is 0 Å². The molecule has 0 saturated carbocycles. The second-order valence-electron chi connectivity index (χ2n) is 1.57. The van der Waals surface area contributed by atoms with Gasteiger partial charge in [-0.25, -0.2) is 9.37 Å². The van der Waals surface area contributed by atoms with E-state index in [2.05, 4.69) is 4.98 Å². The van der Waals surface area contributed by atoms with E-state index in [0.29, 0.717) is 0 Å². The molecule has 0 unspecified atom stereocenters. The van der Waals surface area contributed by atoms with E-state index in [1.54, 1.807) is 0 Å². The van der Waals surface area contributed by atoms with Crippen LogP contribution in [0.15, 0.2) is 12.3 Å². The molecule has 3 N–H and O–H groups in total. The Morgan fingerprint density at radius 2 is 2.33 bits per heavy atom. The maximum absolute atomic E-state index is 12.2. The van der Waals surface area contributed by atoms with E-state index < -0.39 is 11.7 Å². The van der Waals surface area contributed by atoms with Crippen LogP contribution in [-0.4, -0.2) is 10.1 Å². The number of hydrogen-bond acceptors (Lipinski definition) is 3. The van der Waals surface area contributed by atoms with E-state index >= 15 is 0 Å². The molecule has 0 amide bonds. The third-order valence-electron chi connectivity index (χ3n) is 0.843. The monoisotopic (exact) mass is 128 g/mol. The molecule has 0 atom stereocenters. The van der Waals surface area contributed by atoms with Gasteiger partial charge in [0.15, 0.2) is 5.82 Å². The first kappa shape index (κ1) is 5.81. The molecule has 1 aromatic rings. The van der Waals surface area contributed by atoms with Crippen molar-refractivity contribution in [3.63, 3.8) is 0 Å². The normalized spacial score (nSPS) is 9.44. The number of nitrogen functional groups attached to an aromatic ring is 1. The van der Waals surface area contributed by atoms with Crippen LogP contribution in [0.4, 0.5) is 10.1 Å². The maximum Gasteiger partial charge on any atom is 0.248 e. The lowest BCUT2D eigenvalue weighted by molar-refractivity contribution is 0.412. The third-order valence-corrected chi connectivity index (χ3v) is 0.843. The second kappa shape index (κ2) is 1.89. The van der Waals surface area contributed by atoms with Gasteiger partial charge < -0.3 is 10.8 Å². The van der Waals surface area contributed by atoms with Crippen LogP contribution in [0.2, 0.25) is 0 Å². The quantitative estimate of drug-likeness (QED) is 0.535. The molecule has 0 fully saturated rings. The lowest BCUT2D eigenvalue weighted by atomic mass is 10.4. The highest BCUT2D eigenvalue weighted by Gasteiger charge is 1.98. The molecule has 0 spiro atoms. The Kier molecular flexibility index (Phi) is 1.22. The summed E-state index contributed by atoms with van der Waals surface area (Å²) in [5.74, 6) is -1.42. The Morgan fingerprint density at radius 1 is 1.67 bits per heavy atom. The summed E-state index contributed by atoms with van der Waals surface area (Å²) in [6.45, 7) is 0. The van der Waals surface area contributed by atoms with Gasteiger partial charge in [-0.2, -0.15) is 0 Å². The molecule has 1 heterocycles. The lowest BCUT2D eigenvalue weighted by Gasteiger charge is -1.92. The largest absolute Gasteiger partial charge is 0.491 e. The third kappa shape index (κ3) is 1.07. The first-order valence-electron chi connectivity index (χ1n) is 2.30. The molecule has 0 bridgehead atoms. The van der Waals surface area contributed by atoms with Crippen LogP contribution in [0.5, 0.6) is 5.88 Å². The van der Waals surface area contributed by atoms with Crippen molar-refractivity contribution in [2.45, 2.75) is 0 Å². The average molecular weight is 128 g/mol.